The lowest BCUT2D eigenvalue weighted by Crippen LogP contribution is -2.37. The summed E-state index contributed by atoms with van der Waals surface area (Å²) in [6.07, 6.45) is 4.36. The van der Waals surface area contributed by atoms with Crippen molar-refractivity contribution in [1.82, 2.24) is 9.55 Å². The van der Waals surface area contributed by atoms with Crippen molar-refractivity contribution in [2.45, 2.75) is 25.3 Å². The van der Waals surface area contributed by atoms with Crippen molar-refractivity contribution >= 4 is 23.2 Å². The van der Waals surface area contributed by atoms with Crippen LogP contribution < -0.4 is 5.32 Å². The fourth-order valence-electron chi connectivity index (χ4n) is 3.68. The number of nitrogens with one attached hydrogen (secondary N) is 1. The molecule has 1 unspecified atom stereocenters. The van der Waals surface area contributed by atoms with Crippen molar-refractivity contribution in [1.29, 1.82) is 0 Å². The number of aryl methyl sites for hydroxylation is 2. The van der Waals surface area contributed by atoms with E-state index in [0.29, 0.717) is 18.0 Å². The molecule has 25 heavy (non-hydrogen) atoms. The standard InChI is InChI=1S/C20H18ClN3O/c1-14-22-10-12-24(14)11-9-20(15-5-4-6-16(21)13-15)17-7-2-3-8-18(17)23-19(20)25/h2-8,10,12-13H,9,11H2,1H3,(H,23,25). The van der Waals surface area contributed by atoms with Crippen LogP contribution in [0.3, 0.4) is 0 Å². The lowest BCUT2D eigenvalue weighted by Gasteiger charge is -2.29. The molecule has 126 valence electrons. The van der Waals surface area contributed by atoms with E-state index in [9.17, 15) is 4.79 Å². The van der Waals surface area contributed by atoms with E-state index in [1.807, 2.05) is 61.7 Å². The SMILES string of the molecule is Cc1nccn1CCC1(c2cccc(Cl)c2)C(=O)Nc2ccccc21. The first-order chi connectivity index (χ1) is 12.1. The maximum absolute atomic E-state index is 13.1. The zero-order chi connectivity index (χ0) is 17.4. The molecule has 1 aliphatic heterocycles. The van der Waals surface area contributed by atoms with Crippen molar-refractivity contribution in [3.8, 4) is 0 Å². The van der Waals surface area contributed by atoms with E-state index in [1.165, 1.54) is 0 Å². The van der Waals surface area contributed by atoms with Crippen LogP contribution in [0.15, 0.2) is 60.9 Å². The van der Waals surface area contributed by atoms with Crippen molar-refractivity contribution in [3.63, 3.8) is 0 Å². The van der Waals surface area contributed by atoms with Crippen LogP contribution in [0.25, 0.3) is 0 Å². The number of halogens is 1. The van der Waals surface area contributed by atoms with Crippen molar-refractivity contribution in [2.24, 2.45) is 0 Å². The molecule has 3 aromatic rings. The van der Waals surface area contributed by atoms with Gasteiger partial charge in [-0.05, 0) is 42.7 Å². The lowest BCUT2D eigenvalue weighted by atomic mass is 9.73. The van der Waals surface area contributed by atoms with Crippen LogP contribution >= 0.6 is 11.6 Å². The molecular formula is C20H18ClN3O. The highest BCUT2D eigenvalue weighted by atomic mass is 35.5. The summed E-state index contributed by atoms with van der Waals surface area (Å²) in [6, 6.07) is 15.5. The molecule has 1 N–H and O–H groups in total. The van der Waals surface area contributed by atoms with Gasteiger partial charge >= 0.3 is 0 Å². The van der Waals surface area contributed by atoms with Crippen LogP contribution in [-0.2, 0) is 16.8 Å². The number of amides is 1. The summed E-state index contributed by atoms with van der Waals surface area (Å²) in [5.74, 6) is 0.932. The summed E-state index contributed by atoms with van der Waals surface area (Å²) in [4.78, 5) is 17.4. The topological polar surface area (TPSA) is 46.9 Å². The first-order valence-electron chi connectivity index (χ1n) is 8.26. The van der Waals surface area contributed by atoms with Crippen LogP contribution in [0.4, 0.5) is 5.69 Å². The van der Waals surface area contributed by atoms with Gasteiger partial charge in [-0.15, -0.1) is 0 Å². The molecule has 0 saturated heterocycles. The molecule has 0 aliphatic carbocycles. The Kier molecular flexibility index (Phi) is 3.85. The number of carbonyl (C=O) groups is 1. The number of hydrogen-bond donors (Lipinski definition) is 1. The summed E-state index contributed by atoms with van der Waals surface area (Å²) < 4.78 is 2.07. The van der Waals surface area contributed by atoms with Gasteiger partial charge in [0.1, 0.15) is 11.2 Å². The Balaban J connectivity index is 1.84. The molecule has 1 atom stereocenters. The number of anilines is 1. The van der Waals surface area contributed by atoms with E-state index >= 15 is 0 Å². The van der Waals surface area contributed by atoms with E-state index in [2.05, 4.69) is 14.9 Å². The van der Waals surface area contributed by atoms with Gasteiger partial charge in [0.15, 0.2) is 0 Å². The third kappa shape index (κ3) is 2.53. The predicted octanol–water partition coefficient (Wildman–Crippen LogP) is 4.17. The first kappa shape index (κ1) is 15.9. The van der Waals surface area contributed by atoms with Crippen molar-refractivity contribution in [2.75, 3.05) is 5.32 Å². The summed E-state index contributed by atoms with van der Waals surface area (Å²) in [5, 5.41) is 3.68. The minimum absolute atomic E-state index is 0.00580. The van der Waals surface area contributed by atoms with E-state index in [0.717, 1.165) is 22.6 Å². The van der Waals surface area contributed by atoms with E-state index in [4.69, 9.17) is 11.6 Å². The first-order valence-corrected chi connectivity index (χ1v) is 8.64. The van der Waals surface area contributed by atoms with Crippen LogP contribution in [0.2, 0.25) is 5.02 Å². The van der Waals surface area contributed by atoms with Gasteiger partial charge in [0.25, 0.3) is 0 Å². The van der Waals surface area contributed by atoms with Gasteiger partial charge in [0, 0.05) is 29.6 Å². The highest BCUT2D eigenvalue weighted by Crippen LogP contribution is 2.46. The molecule has 0 fully saturated rings. The summed E-state index contributed by atoms with van der Waals surface area (Å²) in [5.41, 5.74) is 2.04. The van der Waals surface area contributed by atoms with Gasteiger partial charge in [-0.2, -0.15) is 0 Å². The molecule has 2 heterocycles. The number of hydrogen-bond acceptors (Lipinski definition) is 2. The van der Waals surface area contributed by atoms with Gasteiger partial charge in [-0.3, -0.25) is 4.79 Å². The minimum atomic E-state index is -0.752. The minimum Gasteiger partial charge on any atom is -0.335 e. The normalized spacial score (nSPS) is 18.9. The van der Waals surface area contributed by atoms with Gasteiger partial charge < -0.3 is 9.88 Å². The second-order valence-corrected chi connectivity index (χ2v) is 6.77. The number of nitrogens with zero attached hydrogens (tertiary/aromatic N) is 2. The molecular weight excluding hydrogens is 334 g/mol. The molecule has 1 aliphatic rings. The van der Waals surface area contributed by atoms with E-state index in [-0.39, 0.29) is 5.91 Å². The quantitative estimate of drug-likeness (QED) is 0.766. The van der Waals surface area contributed by atoms with Gasteiger partial charge in [0.2, 0.25) is 5.91 Å². The van der Waals surface area contributed by atoms with Crippen LogP contribution in [0, 0.1) is 6.92 Å². The molecule has 0 bridgehead atoms. The van der Waals surface area contributed by atoms with Crippen molar-refractivity contribution < 1.29 is 4.79 Å². The molecule has 1 aromatic heterocycles. The number of fused-ring (bicyclic) bond motifs is 1. The third-order valence-corrected chi connectivity index (χ3v) is 5.23. The van der Waals surface area contributed by atoms with E-state index in [1.54, 1.807) is 6.20 Å². The van der Waals surface area contributed by atoms with Crippen LogP contribution in [0.1, 0.15) is 23.4 Å². The number of para-hydroxylation sites is 1. The predicted molar refractivity (Wildman–Crippen MR) is 98.9 cm³/mol. The Morgan fingerprint density at radius 2 is 2.04 bits per heavy atom. The zero-order valence-electron chi connectivity index (χ0n) is 13.9. The molecule has 0 radical (unpaired) electrons. The average Bonchev–Trinajstić information content (AvgIpc) is 3.14. The molecule has 4 rings (SSSR count). The fraction of sp³-hybridized carbons (Fsp3) is 0.200. The monoisotopic (exact) mass is 351 g/mol. The Labute approximate surface area is 151 Å². The smallest absolute Gasteiger partial charge is 0.239 e. The Hall–Kier alpha value is -2.59. The average molecular weight is 352 g/mol. The number of aromatic nitrogens is 2. The lowest BCUT2D eigenvalue weighted by molar-refractivity contribution is -0.119. The fourth-order valence-corrected chi connectivity index (χ4v) is 3.87. The molecule has 1 amide bonds. The van der Waals surface area contributed by atoms with Crippen molar-refractivity contribution in [3.05, 3.63) is 82.9 Å². The van der Waals surface area contributed by atoms with Gasteiger partial charge in [0.05, 0.1) is 0 Å². The maximum Gasteiger partial charge on any atom is 0.239 e. The number of rotatable bonds is 4. The Bertz CT molecular complexity index is 949. The van der Waals surface area contributed by atoms with E-state index < -0.39 is 5.41 Å². The largest absolute Gasteiger partial charge is 0.335 e. The molecule has 0 saturated carbocycles. The number of imidazole rings is 1. The maximum atomic E-state index is 13.1. The highest BCUT2D eigenvalue weighted by molar-refractivity contribution is 6.30. The highest BCUT2D eigenvalue weighted by Gasteiger charge is 2.47. The molecule has 0 spiro atoms. The molecule has 2 aromatic carbocycles. The molecule has 4 nitrogen and oxygen atoms in total. The third-order valence-electron chi connectivity index (χ3n) is 4.99. The van der Waals surface area contributed by atoms with Gasteiger partial charge in [-0.25, -0.2) is 4.98 Å². The summed E-state index contributed by atoms with van der Waals surface area (Å²) >= 11 is 6.24. The summed E-state index contributed by atoms with van der Waals surface area (Å²) in [6.45, 7) is 2.66. The van der Waals surface area contributed by atoms with Crippen LogP contribution in [0.5, 0.6) is 0 Å². The second-order valence-electron chi connectivity index (χ2n) is 6.33. The Morgan fingerprint density at radius 3 is 2.80 bits per heavy atom. The second kappa shape index (κ2) is 6.05. The van der Waals surface area contributed by atoms with Gasteiger partial charge in [-0.1, -0.05) is 41.9 Å². The number of benzene rings is 2. The summed E-state index contributed by atoms with van der Waals surface area (Å²) in [7, 11) is 0. The van der Waals surface area contributed by atoms with Crippen LogP contribution in [-0.4, -0.2) is 15.5 Å². The molecule has 5 heteroatoms. The number of carbonyl (C=O) groups excluding carboxylic acids is 1. The Morgan fingerprint density at radius 1 is 1.20 bits per heavy atom. The zero-order valence-corrected chi connectivity index (χ0v) is 14.6.